The maximum absolute atomic E-state index is 5.63. The molecule has 102 valence electrons. The van der Waals surface area contributed by atoms with Gasteiger partial charge in [0.25, 0.3) is 0 Å². The van der Waals surface area contributed by atoms with Gasteiger partial charge in [0, 0.05) is 12.1 Å². The van der Waals surface area contributed by atoms with E-state index >= 15 is 0 Å². The number of benzene rings is 1. The van der Waals surface area contributed by atoms with Crippen molar-refractivity contribution in [1.82, 2.24) is 5.32 Å². The zero-order valence-corrected chi connectivity index (χ0v) is 11.4. The summed E-state index contributed by atoms with van der Waals surface area (Å²) in [6.07, 6.45) is 2.94. The minimum Gasteiger partial charge on any atom is -0.467 e. The molecule has 1 heterocycles. The topological polar surface area (TPSA) is 34.4 Å². The highest BCUT2D eigenvalue weighted by atomic mass is 16.5. The van der Waals surface area contributed by atoms with Crippen LogP contribution in [-0.2, 0) is 24.5 Å². The third kappa shape index (κ3) is 4.89. The van der Waals surface area contributed by atoms with E-state index in [4.69, 9.17) is 9.15 Å². The molecule has 0 saturated carbocycles. The van der Waals surface area contributed by atoms with Gasteiger partial charge in [-0.1, -0.05) is 37.3 Å². The molecule has 1 aromatic carbocycles. The van der Waals surface area contributed by atoms with Gasteiger partial charge in [0.2, 0.25) is 0 Å². The Balaban J connectivity index is 1.71. The molecule has 2 aromatic rings. The molecule has 19 heavy (non-hydrogen) atoms. The summed E-state index contributed by atoms with van der Waals surface area (Å²) in [5, 5.41) is 3.35. The van der Waals surface area contributed by atoms with Crippen LogP contribution in [0.5, 0.6) is 0 Å². The van der Waals surface area contributed by atoms with Crippen molar-refractivity contribution in [2.75, 3.05) is 6.54 Å². The van der Waals surface area contributed by atoms with Crippen LogP contribution in [0.4, 0.5) is 0 Å². The first-order valence-corrected chi connectivity index (χ1v) is 6.77. The zero-order valence-electron chi connectivity index (χ0n) is 11.4. The maximum atomic E-state index is 5.63. The van der Waals surface area contributed by atoms with Crippen molar-refractivity contribution in [3.05, 3.63) is 59.5 Å². The van der Waals surface area contributed by atoms with E-state index in [1.807, 2.05) is 24.3 Å². The van der Waals surface area contributed by atoms with Crippen molar-refractivity contribution in [2.45, 2.75) is 33.1 Å². The second-order valence-electron chi connectivity index (χ2n) is 4.58. The number of furan rings is 1. The average Bonchev–Trinajstić information content (AvgIpc) is 2.88. The molecule has 0 aliphatic heterocycles. The summed E-state index contributed by atoms with van der Waals surface area (Å²) in [5.74, 6) is 0.879. The van der Waals surface area contributed by atoms with E-state index in [1.165, 1.54) is 11.1 Å². The van der Waals surface area contributed by atoms with Gasteiger partial charge in [-0.25, -0.2) is 0 Å². The maximum Gasteiger partial charge on any atom is 0.129 e. The van der Waals surface area contributed by atoms with Crippen LogP contribution >= 0.6 is 0 Å². The summed E-state index contributed by atoms with van der Waals surface area (Å²) < 4.78 is 11.1. The molecule has 0 spiro atoms. The van der Waals surface area contributed by atoms with Gasteiger partial charge < -0.3 is 14.5 Å². The smallest absolute Gasteiger partial charge is 0.129 e. The normalized spacial score (nSPS) is 10.8. The number of hydrogen-bond acceptors (Lipinski definition) is 3. The van der Waals surface area contributed by atoms with E-state index < -0.39 is 0 Å². The largest absolute Gasteiger partial charge is 0.467 e. The molecule has 0 aliphatic rings. The Labute approximate surface area is 114 Å². The molecule has 0 saturated heterocycles. The molecule has 0 aliphatic carbocycles. The molecule has 0 fully saturated rings. The Morgan fingerprint density at radius 2 is 1.95 bits per heavy atom. The number of hydrogen-bond donors (Lipinski definition) is 1. The second kappa shape index (κ2) is 7.77. The Bertz CT molecular complexity index is 465. The second-order valence-corrected chi connectivity index (χ2v) is 4.58. The molecule has 0 radical (unpaired) electrons. The lowest BCUT2D eigenvalue weighted by molar-refractivity contribution is 0.0929. The van der Waals surface area contributed by atoms with Crippen molar-refractivity contribution >= 4 is 0 Å². The number of nitrogens with one attached hydrogen (secondary N) is 1. The molecule has 0 unspecified atom stereocenters. The molecule has 1 N–H and O–H groups in total. The summed E-state index contributed by atoms with van der Waals surface area (Å²) in [6, 6.07) is 12.2. The summed E-state index contributed by atoms with van der Waals surface area (Å²) in [4.78, 5) is 0. The highest BCUT2D eigenvalue weighted by molar-refractivity contribution is 5.14. The fraction of sp³-hybridized carbons (Fsp3) is 0.375. The monoisotopic (exact) mass is 259 g/mol. The van der Waals surface area contributed by atoms with Gasteiger partial charge >= 0.3 is 0 Å². The third-order valence-electron chi connectivity index (χ3n) is 2.82. The van der Waals surface area contributed by atoms with Crippen molar-refractivity contribution in [1.29, 1.82) is 0 Å². The average molecular weight is 259 g/mol. The first kappa shape index (κ1) is 13.8. The van der Waals surface area contributed by atoms with Crippen LogP contribution < -0.4 is 5.32 Å². The Hall–Kier alpha value is -1.58. The van der Waals surface area contributed by atoms with E-state index in [1.54, 1.807) is 6.26 Å². The fourth-order valence-corrected chi connectivity index (χ4v) is 1.85. The molecular weight excluding hydrogens is 238 g/mol. The van der Waals surface area contributed by atoms with Crippen LogP contribution in [0.15, 0.2) is 47.1 Å². The van der Waals surface area contributed by atoms with Gasteiger partial charge in [-0.05, 0) is 24.6 Å². The van der Waals surface area contributed by atoms with Crippen LogP contribution in [0, 0.1) is 0 Å². The first-order chi connectivity index (χ1) is 9.38. The van der Waals surface area contributed by atoms with Crippen molar-refractivity contribution in [3.8, 4) is 0 Å². The molecule has 3 nitrogen and oxygen atoms in total. The van der Waals surface area contributed by atoms with Crippen molar-refractivity contribution < 1.29 is 9.15 Å². The fourth-order valence-electron chi connectivity index (χ4n) is 1.85. The SMILES string of the molecule is CCCNCc1coc(COCc2ccccc2)c1. The molecule has 1 aromatic heterocycles. The number of ether oxygens (including phenoxy) is 1. The van der Waals surface area contributed by atoms with Gasteiger partial charge in [0.05, 0.1) is 12.9 Å². The van der Waals surface area contributed by atoms with E-state index in [-0.39, 0.29) is 0 Å². The van der Waals surface area contributed by atoms with Gasteiger partial charge in [0.15, 0.2) is 0 Å². The predicted octanol–water partition coefficient (Wildman–Crippen LogP) is 3.50. The lowest BCUT2D eigenvalue weighted by atomic mass is 10.2. The molecule has 0 amide bonds. The highest BCUT2D eigenvalue weighted by Crippen LogP contribution is 2.10. The Morgan fingerprint density at radius 3 is 2.74 bits per heavy atom. The van der Waals surface area contributed by atoms with E-state index in [0.29, 0.717) is 13.2 Å². The molecule has 0 atom stereocenters. The standard InChI is InChI=1S/C16H21NO2/c1-2-8-17-10-15-9-16(19-12-15)13-18-11-14-6-4-3-5-7-14/h3-7,9,12,17H,2,8,10-11,13H2,1H3. The number of rotatable bonds is 8. The highest BCUT2D eigenvalue weighted by Gasteiger charge is 2.02. The van der Waals surface area contributed by atoms with E-state index in [2.05, 4.69) is 24.4 Å². The Kier molecular flexibility index (Phi) is 5.66. The van der Waals surface area contributed by atoms with E-state index in [9.17, 15) is 0 Å². The summed E-state index contributed by atoms with van der Waals surface area (Å²) >= 11 is 0. The molecular formula is C16H21NO2. The summed E-state index contributed by atoms with van der Waals surface area (Å²) in [7, 11) is 0. The molecule has 0 bridgehead atoms. The van der Waals surface area contributed by atoms with Crippen LogP contribution in [0.25, 0.3) is 0 Å². The van der Waals surface area contributed by atoms with Crippen LogP contribution in [0.3, 0.4) is 0 Å². The zero-order chi connectivity index (χ0) is 13.3. The van der Waals surface area contributed by atoms with Crippen molar-refractivity contribution in [3.63, 3.8) is 0 Å². The van der Waals surface area contributed by atoms with E-state index in [0.717, 1.165) is 25.3 Å². The minimum atomic E-state index is 0.517. The van der Waals surface area contributed by atoms with Gasteiger partial charge in [-0.3, -0.25) is 0 Å². The summed E-state index contributed by atoms with van der Waals surface area (Å²) in [5.41, 5.74) is 2.35. The quantitative estimate of drug-likeness (QED) is 0.737. The first-order valence-electron chi connectivity index (χ1n) is 6.77. The van der Waals surface area contributed by atoms with Gasteiger partial charge in [-0.2, -0.15) is 0 Å². The van der Waals surface area contributed by atoms with Crippen LogP contribution in [0.1, 0.15) is 30.2 Å². The Morgan fingerprint density at radius 1 is 1.11 bits per heavy atom. The molecule has 3 heteroatoms. The van der Waals surface area contributed by atoms with Crippen LogP contribution in [0.2, 0.25) is 0 Å². The minimum absolute atomic E-state index is 0.517. The molecule has 2 rings (SSSR count). The van der Waals surface area contributed by atoms with Gasteiger partial charge in [0.1, 0.15) is 12.4 Å². The third-order valence-corrected chi connectivity index (χ3v) is 2.82. The summed E-state index contributed by atoms with van der Waals surface area (Å²) in [6.45, 7) is 5.18. The van der Waals surface area contributed by atoms with Gasteiger partial charge in [-0.15, -0.1) is 0 Å². The predicted molar refractivity (Wildman–Crippen MR) is 75.6 cm³/mol. The lowest BCUT2D eigenvalue weighted by Crippen LogP contribution is -2.13. The van der Waals surface area contributed by atoms with Crippen molar-refractivity contribution in [2.24, 2.45) is 0 Å². The lowest BCUT2D eigenvalue weighted by Gasteiger charge is -2.01. The van der Waals surface area contributed by atoms with Crippen LogP contribution in [-0.4, -0.2) is 6.54 Å².